The van der Waals surface area contributed by atoms with Gasteiger partial charge in [0.05, 0.1) is 12.3 Å². The number of thioether (sulfide) groups is 1. The molecule has 16 heavy (non-hydrogen) atoms. The third-order valence-corrected chi connectivity index (χ3v) is 2.51. The monoisotopic (exact) mass is 243 g/mol. The number of carbonyl (C=O) groups is 2. The number of nitrogens with two attached hydrogens (primary N) is 1. The summed E-state index contributed by atoms with van der Waals surface area (Å²) >= 11 is 1.37. The van der Waals surface area contributed by atoms with E-state index in [2.05, 4.69) is 16.9 Å². The van der Waals surface area contributed by atoms with Crippen LogP contribution in [0.3, 0.4) is 0 Å². The number of ketones is 2. The molecule has 5 nitrogen and oxygen atoms in total. The lowest BCUT2D eigenvalue weighted by molar-refractivity contribution is -0.133. The minimum atomic E-state index is -0.400. The number of guanidine groups is 1. The molecule has 0 aliphatic heterocycles. The van der Waals surface area contributed by atoms with Gasteiger partial charge in [0.25, 0.3) is 0 Å². The van der Waals surface area contributed by atoms with Gasteiger partial charge in [0.15, 0.2) is 11.7 Å². The second kappa shape index (κ2) is 8.96. The van der Waals surface area contributed by atoms with Crippen molar-refractivity contribution < 1.29 is 9.59 Å². The van der Waals surface area contributed by atoms with Crippen molar-refractivity contribution in [3.05, 3.63) is 12.7 Å². The standard InChI is InChI=1S/C10H17N3O2S/c1-3-4-12-10(11)13-5-6-16-7-9(15)8(2)14/h3H,1,4-7H2,2H3,(H3,11,12,13). The average Bonchev–Trinajstić information content (AvgIpc) is 2.25. The summed E-state index contributed by atoms with van der Waals surface area (Å²) in [5, 5.41) is 2.83. The van der Waals surface area contributed by atoms with Gasteiger partial charge in [-0.25, -0.2) is 0 Å². The Hall–Kier alpha value is -1.30. The van der Waals surface area contributed by atoms with Crippen LogP contribution in [-0.4, -0.2) is 42.1 Å². The first-order valence-electron chi connectivity index (χ1n) is 4.84. The number of nitrogens with one attached hydrogen (secondary N) is 1. The number of aliphatic imine (C=N–C) groups is 1. The molecule has 0 rings (SSSR count). The SMILES string of the molecule is C=CCNC(N)=NCCSCC(=O)C(C)=O. The van der Waals surface area contributed by atoms with Crippen molar-refractivity contribution in [2.45, 2.75) is 6.92 Å². The van der Waals surface area contributed by atoms with Crippen molar-refractivity contribution in [2.24, 2.45) is 10.7 Å². The Labute approximate surface area is 99.6 Å². The summed E-state index contributed by atoms with van der Waals surface area (Å²) < 4.78 is 0. The Morgan fingerprint density at radius 3 is 2.81 bits per heavy atom. The van der Waals surface area contributed by atoms with Gasteiger partial charge in [-0.05, 0) is 0 Å². The van der Waals surface area contributed by atoms with Crippen LogP contribution in [0.2, 0.25) is 0 Å². The summed E-state index contributed by atoms with van der Waals surface area (Å²) in [4.78, 5) is 25.6. The minimum Gasteiger partial charge on any atom is -0.370 e. The normalized spacial score (nSPS) is 10.9. The number of carbonyl (C=O) groups excluding carboxylic acids is 2. The summed E-state index contributed by atoms with van der Waals surface area (Å²) in [6.07, 6.45) is 1.68. The van der Waals surface area contributed by atoms with Crippen LogP contribution in [0.1, 0.15) is 6.92 Å². The van der Waals surface area contributed by atoms with Crippen LogP contribution in [-0.2, 0) is 9.59 Å². The Bertz CT molecular complexity index is 290. The van der Waals surface area contributed by atoms with Gasteiger partial charge in [-0.3, -0.25) is 14.6 Å². The fourth-order valence-corrected chi connectivity index (χ4v) is 1.48. The molecule has 0 saturated heterocycles. The summed E-state index contributed by atoms with van der Waals surface area (Å²) in [6, 6.07) is 0. The first-order chi connectivity index (χ1) is 7.57. The largest absolute Gasteiger partial charge is 0.370 e. The molecule has 0 spiro atoms. The first kappa shape index (κ1) is 14.7. The van der Waals surface area contributed by atoms with E-state index in [4.69, 9.17) is 5.73 Å². The predicted molar refractivity (Wildman–Crippen MR) is 67.7 cm³/mol. The molecule has 3 N–H and O–H groups in total. The molecule has 0 amide bonds. The van der Waals surface area contributed by atoms with Crippen molar-refractivity contribution in [1.29, 1.82) is 0 Å². The average molecular weight is 243 g/mol. The highest BCUT2D eigenvalue weighted by Crippen LogP contribution is 1.99. The molecular weight excluding hydrogens is 226 g/mol. The third kappa shape index (κ3) is 8.05. The second-order valence-corrected chi connectivity index (χ2v) is 4.07. The molecule has 0 aromatic rings. The van der Waals surface area contributed by atoms with E-state index in [0.717, 1.165) is 0 Å². The highest BCUT2D eigenvalue weighted by molar-refractivity contribution is 8.00. The fraction of sp³-hybridized carbons (Fsp3) is 0.500. The lowest BCUT2D eigenvalue weighted by Crippen LogP contribution is -2.31. The Kier molecular flexibility index (Phi) is 8.24. The van der Waals surface area contributed by atoms with Crippen LogP contribution in [0.4, 0.5) is 0 Å². The van der Waals surface area contributed by atoms with E-state index in [9.17, 15) is 9.59 Å². The van der Waals surface area contributed by atoms with Crippen molar-refractivity contribution in [2.75, 3.05) is 24.6 Å². The lowest BCUT2D eigenvalue weighted by atomic mass is 10.3. The smallest absolute Gasteiger partial charge is 0.207 e. The van der Waals surface area contributed by atoms with E-state index in [1.54, 1.807) is 6.08 Å². The Morgan fingerprint density at radius 1 is 1.56 bits per heavy atom. The highest BCUT2D eigenvalue weighted by Gasteiger charge is 2.06. The molecule has 0 aromatic carbocycles. The van der Waals surface area contributed by atoms with Crippen molar-refractivity contribution in [3.63, 3.8) is 0 Å². The topological polar surface area (TPSA) is 84.5 Å². The summed E-state index contributed by atoms with van der Waals surface area (Å²) in [6.45, 7) is 5.90. The number of hydrogen-bond donors (Lipinski definition) is 2. The number of rotatable bonds is 8. The number of Topliss-reactive ketones (excluding diaryl/α,β-unsaturated/α-hetero) is 2. The Morgan fingerprint density at radius 2 is 2.25 bits per heavy atom. The maximum atomic E-state index is 10.9. The van der Waals surface area contributed by atoms with E-state index >= 15 is 0 Å². The number of nitrogens with zero attached hydrogens (tertiary/aromatic N) is 1. The van der Waals surface area contributed by atoms with Crippen LogP contribution < -0.4 is 11.1 Å². The van der Waals surface area contributed by atoms with Gasteiger partial charge in [-0.2, -0.15) is 11.8 Å². The van der Waals surface area contributed by atoms with Crippen LogP contribution in [0.5, 0.6) is 0 Å². The van der Waals surface area contributed by atoms with E-state index in [1.807, 2.05) is 0 Å². The molecule has 90 valence electrons. The van der Waals surface area contributed by atoms with Crippen LogP contribution in [0.15, 0.2) is 17.6 Å². The predicted octanol–water partition coefficient (Wildman–Crippen LogP) is -0.0320. The zero-order chi connectivity index (χ0) is 12.4. The van der Waals surface area contributed by atoms with E-state index in [0.29, 0.717) is 24.8 Å². The maximum Gasteiger partial charge on any atom is 0.207 e. The summed E-state index contributed by atoms with van der Waals surface area (Å²) in [5.74, 6) is 0.480. The molecular formula is C10H17N3O2S. The second-order valence-electron chi connectivity index (χ2n) is 2.97. The molecule has 0 unspecified atom stereocenters. The molecule has 0 aromatic heterocycles. The molecule has 0 saturated carbocycles. The summed E-state index contributed by atoms with van der Waals surface area (Å²) in [7, 11) is 0. The minimum absolute atomic E-state index is 0.213. The maximum absolute atomic E-state index is 10.9. The molecule has 0 radical (unpaired) electrons. The third-order valence-electron chi connectivity index (χ3n) is 1.57. The number of hydrogen-bond acceptors (Lipinski definition) is 4. The van der Waals surface area contributed by atoms with Crippen molar-refractivity contribution in [3.8, 4) is 0 Å². The van der Waals surface area contributed by atoms with Gasteiger partial charge < -0.3 is 11.1 Å². The zero-order valence-corrected chi connectivity index (χ0v) is 10.2. The molecule has 0 heterocycles. The lowest BCUT2D eigenvalue weighted by Gasteiger charge is -2.01. The molecule has 6 heteroatoms. The van der Waals surface area contributed by atoms with Gasteiger partial charge in [0.1, 0.15) is 0 Å². The van der Waals surface area contributed by atoms with Gasteiger partial charge in [-0.15, -0.1) is 6.58 Å². The molecule has 0 aliphatic carbocycles. The van der Waals surface area contributed by atoms with Gasteiger partial charge in [0.2, 0.25) is 5.78 Å². The van der Waals surface area contributed by atoms with Crippen LogP contribution in [0.25, 0.3) is 0 Å². The highest BCUT2D eigenvalue weighted by atomic mass is 32.2. The van der Waals surface area contributed by atoms with Crippen LogP contribution >= 0.6 is 11.8 Å². The van der Waals surface area contributed by atoms with Gasteiger partial charge >= 0.3 is 0 Å². The molecule has 0 aliphatic rings. The van der Waals surface area contributed by atoms with Crippen molar-refractivity contribution in [1.82, 2.24) is 5.32 Å². The van der Waals surface area contributed by atoms with Gasteiger partial charge in [0, 0.05) is 19.2 Å². The quantitative estimate of drug-likeness (QED) is 0.205. The zero-order valence-electron chi connectivity index (χ0n) is 9.36. The van der Waals surface area contributed by atoms with E-state index in [-0.39, 0.29) is 11.5 Å². The van der Waals surface area contributed by atoms with E-state index in [1.165, 1.54) is 18.7 Å². The summed E-state index contributed by atoms with van der Waals surface area (Å²) in [5.41, 5.74) is 5.51. The molecule has 0 atom stereocenters. The van der Waals surface area contributed by atoms with Crippen LogP contribution in [0, 0.1) is 0 Å². The van der Waals surface area contributed by atoms with Gasteiger partial charge in [-0.1, -0.05) is 6.08 Å². The molecule has 0 bridgehead atoms. The van der Waals surface area contributed by atoms with E-state index < -0.39 is 5.78 Å². The molecule has 0 fully saturated rings. The fourth-order valence-electron chi connectivity index (χ4n) is 0.730. The Balaban J connectivity index is 3.55. The van der Waals surface area contributed by atoms with Crippen molar-refractivity contribution >= 4 is 29.3 Å². The first-order valence-corrected chi connectivity index (χ1v) is 5.99.